The molecule has 0 aromatic heterocycles. The van der Waals surface area contributed by atoms with E-state index in [4.69, 9.17) is 4.74 Å². The molecule has 38 heavy (non-hydrogen) atoms. The molecule has 0 aromatic rings. The first-order valence-corrected chi connectivity index (χ1v) is 16.6. The van der Waals surface area contributed by atoms with Gasteiger partial charge in [0.2, 0.25) is 11.8 Å². The summed E-state index contributed by atoms with van der Waals surface area (Å²) in [5, 5.41) is 8.49. The van der Waals surface area contributed by atoms with Crippen LogP contribution in [0.2, 0.25) is 0 Å². The third kappa shape index (κ3) is 9.98. The molecule has 4 atom stereocenters. The summed E-state index contributed by atoms with van der Waals surface area (Å²) in [4.78, 5) is 76.1. The maximum absolute atomic E-state index is 12.9. The number of carboxylic acids is 1. The summed E-state index contributed by atoms with van der Waals surface area (Å²) in [6.45, 7) is 8.78. The molecule has 0 aromatic carbocycles. The number of hydrogen-bond acceptors (Lipinski definition) is 11. The number of ether oxygens (including phenoxy) is 1. The second kappa shape index (κ2) is 14.8. The highest BCUT2D eigenvalue weighted by molar-refractivity contribution is 8.76. The fourth-order valence-electron chi connectivity index (χ4n) is 4.36. The second-order valence-electron chi connectivity index (χ2n) is 9.95. The minimum atomic E-state index is -1.11. The highest BCUT2D eigenvalue weighted by Crippen LogP contribution is 2.33. The van der Waals surface area contributed by atoms with Crippen LogP contribution in [0.5, 0.6) is 0 Å². The van der Waals surface area contributed by atoms with Crippen molar-refractivity contribution < 1.29 is 38.6 Å². The van der Waals surface area contributed by atoms with E-state index < -0.39 is 34.9 Å². The quantitative estimate of drug-likeness (QED) is 0.210. The van der Waals surface area contributed by atoms with Gasteiger partial charge in [0.05, 0.1) is 0 Å². The maximum Gasteiger partial charge on any atom is 0.330 e. The molecule has 2 heterocycles. The van der Waals surface area contributed by atoms with E-state index in [1.807, 2.05) is 0 Å². The number of carboxylic acid groups (broad SMARTS) is 1. The smallest absolute Gasteiger partial charge is 0.330 e. The lowest BCUT2D eigenvalue weighted by Crippen LogP contribution is -2.47. The predicted octanol–water partition coefficient (Wildman–Crippen LogP) is 3.07. The molecule has 0 bridgehead atoms. The molecular formula is C24H36N2O8S4. The Morgan fingerprint density at radius 3 is 1.61 bits per heavy atom. The van der Waals surface area contributed by atoms with Crippen LogP contribution in [-0.4, -0.2) is 102 Å². The summed E-state index contributed by atoms with van der Waals surface area (Å²) >= 11 is 2.03. The molecule has 1 N–H and O–H groups in total. The van der Waals surface area contributed by atoms with E-state index >= 15 is 0 Å². The molecule has 10 nitrogen and oxygen atoms in total. The number of esters is 1. The van der Waals surface area contributed by atoms with Gasteiger partial charge >= 0.3 is 11.9 Å². The molecule has 2 amide bonds. The van der Waals surface area contributed by atoms with Crippen LogP contribution >= 0.6 is 45.1 Å². The SMILES string of the molecule is CC(=O)S[C@H]1CCN(C(=O)CCSSCCC(=O)N2CC[C@H](SC(C)=O)[C@H]2C(=O)OC(C)(C)C)[C@@H]1C(=O)O. The van der Waals surface area contributed by atoms with Crippen LogP contribution in [0.25, 0.3) is 0 Å². The van der Waals surface area contributed by atoms with Crippen LogP contribution in [0.4, 0.5) is 0 Å². The Hall–Kier alpha value is -1.38. The van der Waals surface area contributed by atoms with E-state index in [1.165, 1.54) is 45.2 Å². The molecule has 214 valence electrons. The minimum Gasteiger partial charge on any atom is -0.480 e. The molecule has 0 spiro atoms. The van der Waals surface area contributed by atoms with Crippen molar-refractivity contribution in [3.8, 4) is 0 Å². The maximum atomic E-state index is 12.9. The number of hydrogen-bond donors (Lipinski definition) is 1. The van der Waals surface area contributed by atoms with Crippen molar-refractivity contribution in [2.24, 2.45) is 0 Å². The molecule has 2 fully saturated rings. The number of rotatable bonds is 11. The molecule has 0 aliphatic carbocycles. The van der Waals surface area contributed by atoms with Gasteiger partial charge in [-0.25, -0.2) is 9.59 Å². The monoisotopic (exact) mass is 608 g/mol. The lowest BCUT2D eigenvalue weighted by atomic mass is 10.1. The third-order valence-electron chi connectivity index (χ3n) is 5.74. The Kier molecular flexibility index (Phi) is 12.8. The second-order valence-corrected chi connectivity index (χ2v) is 15.5. The topological polar surface area (TPSA) is 138 Å². The van der Waals surface area contributed by atoms with Gasteiger partial charge in [-0.05, 0) is 33.6 Å². The highest BCUT2D eigenvalue weighted by Gasteiger charge is 2.45. The van der Waals surface area contributed by atoms with Crippen molar-refractivity contribution in [1.82, 2.24) is 9.80 Å². The van der Waals surface area contributed by atoms with E-state index in [-0.39, 0.29) is 40.1 Å². The molecule has 0 saturated carbocycles. The average molecular weight is 609 g/mol. The zero-order valence-corrected chi connectivity index (χ0v) is 25.6. The lowest BCUT2D eigenvalue weighted by molar-refractivity contribution is -0.163. The molecular weight excluding hydrogens is 573 g/mol. The number of aliphatic carboxylic acids is 1. The summed E-state index contributed by atoms with van der Waals surface area (Å²) in [7, 11) is 2.85. The fourth-order valence-corrected chi connectivity index (χ4v) is 8.39. The average Bonchev–Trinajstić information content (AvgIpc) is 3.38. The summed E-state index contributed by atoms with van der Waals surface area (Å²) in [6, 6.07) is -1.81. The molecule has 0 radical (unpaired) electrons. The molecule has 2 aliphatic heterocycles. The van der Waals surface area contributed by atoms with Gasteiger partial charge in [0, 0.05) is 61.8 Å². The van der Waals surface area contributed by atoms with Crippen molar-refractivity contribution >= 4 is 79.1 Å². The van der Waals surface area contributed by atoms with Crippen molar-refractivity contribution in [3.63, 3.8) is 0 Å². The summed E-state index contributed by atoms with van der Waals surface area (Å²) in [5.41, 5.74) is -0.712. The lowest BCUT2D eigenvalue weighted by Gasteiger charge is -2.29. The number of amides is 2. The molecule has 2 saturated heterocycles. The van der Waals surface area contributed by atoms with E-state index in [0.29, 0.717) is 37.4 Å². The van der Waals surface area contributed by atoms with Crippen molar-refractivity contribution in [3.05, 3.63) is 0 Å². The zero-order valence-electron chi connectivity index (χ0n) is 22.3. The molecule has 0 unspecified atom stereocenters. The standard InChI is InChI=1S/C24H36N2O8S4/c1-14(27)37-16-6-10-25(20(16)22(31)32)18(29)8-12-35-36-13-9-19(30)26-11-7-17(38-15(2)28)21(26)23(33)34-24(3,4)5/h16-17,20-21H,6-13H2,1-5H3,(H,31,32)/t16-,17-,20-,21-/m0/s1. The van der Waals surface area contributed by atoms with Gasteiger partial charge < -0.3 is 19.6 Å². The number of likely N-dealkylation sites (tertiary alicyclic amines) is 2. The van der Waals surface area contributed by atoms with Crippen molar-refractivity contribution in [1.29, 1.82) is 0 Å². The first kappa shape index (κ1) is 32.8. The van der Waals surface area contributed by atoms with Crippen LogP contribution < -0.4 is 0 Å². The minimum absolute atomic E-state index is 0.115. The number of carbonyl (C=O) groups is 6. The largest absolute Gasteiger partial charge is 0.480 e. The normalized spacial score (nSPS) is 23.4. The van der Waals surface area contributed by atoms with Crippen LogP contribution in [0, 0.1) is 0 Å². The third-order valence-corrected chi connectivity index (χ3v) is 10.4. The molecule has 2 rings (SSSR count). The van der Waals surface area contributed by atoms with E-state index in [1.54, 1.807) is 20.8 Å². The number of carbonyl (C=O) groups excluding carboxylic acids is 5. The number of thioether (sulfide) groups is 2. The molecule has 14 heteroatoms. The summed E-state index contributed by atoms with van der Waals surface area (Å²) in [6.07, 6.45) is 1.34. The zero-order chi connectivity index (χ0) is 28.6. The summed E-state index contributed by atoms with van der Waals surface area (Å²) in [5.74, 6) is -1.14. The first-order valence-electron chi connectivity index (χ1n) is 12.3. The van der Waals surface area contributed by atoms with Crippen molar-refractivity contribution in [2.75, 3.05) is 24.6 Å². The predicted molar refractivity (Wildman–Crippen MR) is 152 cm³/mol. The Bertz CT molecular complexity index is 926. The van der Waals surface area contributed by atoms with Gasteiger partial charge in [0.25, 0.3) is 0 Å². The Morgan fingerprint density at radius 1 is 0.789 bits per heavy atom. The highest BCUT2D eigenvalue weighted by atomic mass is 33.1. The van der Waals surface area contributed by atoms with E-state index in [2.05, 4.69) is 0 Å². The van der Waals surface area contributed by atoms with E-state index in [0.717, 1.165) is 23.5 Å². The van der Waals surface area contributed by atoms with Crippen molar-refractivity contribution in [2.45, 2.75) is 88.5 Å². The van der Waals surface area contributed by atoms with Crippen LogP contribution in [0.15, 0.2) is 0 Å². The number of nitrogens with zero attached hydrogens (tertiary/aromatic N) is 2. The summed E-state index contributed by atoms with van der Waals surface area (Å²) < 4.78 is 5.53. The Morgan fingerprint density at radius 2 is 1.21 bits per heavy atom. The van der Waals surface area contributed by atoms with E-state index in [9.17, 15) is 33.9 Å². The molecule has 2 aliphatic rings. The van der Waals surface area contributed by atoms with Crippen LogP contribution in [-0.2, 0) is 33.5 Å². The van der Waals surface area contributed by atoms with Gasteiger partial charge in [-0.15, -0.1) is 0 Å². The van der Waals surface area contributed by atoms with Gasteiger partial charge in [-0.1, -0.05) is 45.1 Å². The van der Waals surface area contributed by atoms with Gasteiger partial charge in [-0.3, -0.25) is 19.2 Å². The van der Waals surface area contributed by atoms with Gasteiger partial charge in [0.15, 0.2) is 10.2 Å². The first-order chi connectivity index (χ1) is 17.7. The van der Waals surface area contributed by atoms with Crippen LogP contribution in [0.1, 0.15) is 60.3 Å². The Labute approximate surface area is 239 Å². The van der Waals surface area contributed by atoms with Crippen LogP contribution in [0.3, 0.4) is 0 Å². The van der Waals surface area contributed by atoms with Gasteiger partial charge in [-0.2, -0.15) is 0 Å². The Balaban J connectivity index is 1.80. The fraction of sp³-hybridized carbons (Fsp3) is 0.750. The van der Waals surface area contributed by atoms with Gasteiger partial charge in [0.1, 0.15) is 17.7 Å².